The van der Waals surface area contributed by atoms with Crippen LogP contribution in [-0.2, 0) is 4.79 Å². The van der Waals surface area contributed by atoms with Crippen molar-refractivity contribution in [2.75, 3.05) is 5.75 Å². The van der Waals surface area contributed by atoms with E-state index in [0.29, 0.717) is 27.1 Å². The van der Waals surface area contributed by atoms with Gasteiger partial charge in [0.25, 0.3) is 5.91 Å². The Morgan fingerprint density at radius 3 is 2.59 bits per heavy atom. The lowest BCUT2D eigenvalue weighted by Crippen LogP contribution is -2.42. The molecule has 88 valence electrons. The summed E-state index contributed by atoms with van der Waals surface area (Å²) in [5.74, 6) is 0.0137. The standard InChI is InChI=1S/C11H8ClNO2S2/c12-8-3-1-7(2-4-8)10(15)13-9(14)5-6-17-11(13)16/h1-4H,5-6H2. The molecule has 17 heavy (non-hydrogen) atoms. The van der Waals surface area contributed by atoms with Crippen molar-refractivity contribution in [3.05, 3.63) is 34.9 Å². The van der Waals surface area contributed by atoms with Crippen molar-refractivity contribution >= 4 is 51.7 Å². The van der Waals surface area contributed by atoms with E-state index in [4.69, 9.17) is 23.8 Å². The summed E-state index contributed by atoms with van der Waals surface area (Å²) >= 11 is 12.1. The van der Waals surface area contributed by atoms with Gasteiger partial charge in [-0.2, -0.15) is 0 Å². The minimum absolute atomic E-state index is 0.242. The van der Waals surface area contributed by atoms with Gasteiger partial charge in [0.2, 0.25) is 5.91 Å². The zero-order chi connectivity index (χ0) is 12.4. The van der Waals surface area contributed by atoms with E-state index >= 15 is 0 Å². The second-order valence-electron chi connectivity index (χ2n) is 3.41. The van der Waals surface area contributed by atoms with E-state index in [1.807, 2.05) is 0 Å². The summed E-state index contributed by atoms with van der Waals surface area (Å²) in [4.78, 5) is 24.8. The Labute approximate surface area is 113 Å². The van der Waals surface area contributed by atoms with Crippen molar-refractivity contribution in [1.82, 2.24) is 4.90 Å². The normalized spacial score (nSPS) is 16.2. The highest BCUT2D eigenvalue weighted by atomic mass is 35.5. The smallest absolute Gasteiger partial charge is 0.266 e. The number of benzene rings is 1. The average Bonchev–Trinajstić information content (AvgIpc) is 2.29. The highest BCUT2D eigenvalue weighted by molar-refractivity contribution is 8.23. The number of carbonyl (C=O) groups excluding carboxylic acids is 2. The van der Waals surface area contributed by atoms with E-state index < -0.39 is 0 Å². The molecule has 0 aromatic heterocycles. The van der Waals surface area contributed by atoms with Gasteiger partial charge < -0.3 is 0 Å². The van der Waals surface area contributed by atoms with Crippen LogP contribution in [0.15, 0.2) is 24.3 Å². The second kappa shape index (κ2) is 5.16. The SMILES string of the molecule is O=C1CCSC(=S)N1C(=O)c1ccc(Cl)cc1. The Morgan fingerprint density at radius 1 is 1.35 bits per heavy atom. The number of hydrogen-bond donors (Lipinski definition) is 0. The molecule has 2 amide bonds. The van der Waals surface area contributed by atoms with E-state index in [-0.39, 0.29) is 11.8 Å². The van der Waals surface area contributed by atoms with Crippen LogP contribution in [0, 0.1) is 0 Å². The molecule has 0 atom stereocenters. The summed E-state index contributed by atoms with van der Waals surface area (Å²) in [5.41, 5.74) is 0.410. The number of rotatable bonds is 1. The number of nitrogens with zero attached hydrogens (tertiary/aromatic N) is 1. The highest BCUT2D eigenvalue weighted by Crippen LogP contribution is 2.21. The van der Waals surface area contributed by atoms with Crippen molar-refractivity contribution in [2.45, 2.75) is 6.42 Å². The van der Waals surface area contributed by atoms with Gasteiger partial charge in [0.15, 0.2) is 0 Å². The molecule has 1 fully saturated rings. The average molecular weight is 286 g/mol. The Bertz CT molecular complexity index is 471. The summed E-state index contributed by atoms with van der Waals surface area (Å²) in [7, 11) is 0. The van der Waals surface area contributed by atoms with Gasteiger partial charge >= 0.3 is 0 Å². The molecule has 0 radical (unpaired) electrons. The molecule has 1 aromatic rings. The predicted molar refractivity (Wildman–Crippen MR) is 72.3 cm³/mol. The van der Waals surface area contributed by atoms with Crippen molar-refractivity contribution < 1.29 is 9.59 Å². The molecule has 0 bridgehead atoms. The first-order chi connectivity index (χ1) is 8.09. The number of carbonyl (C=O) groups is 2. The summed E-state index contributed by atoms with van der Waals surface area (Å²) in [6.07, 6.45) is 0.337. The maximum atomic E-state index is 12.1. The largest absolute Gasteiger partial charge is 0.274 e. The molecule has 6 heteroatoms. The lowest BCUT2D eigenvalue weighted by Gasteiger charge is -2.24. The van der Waals surface area contributed by atoms with E-state index in [9.17, 15) is 9.59 Å². The molecule has 0 unspecified atom stereocenters. The van der Waals surface area contributed by atoms with Crippen LogP contribution in [0.25, 0.3) is 0 Å². The quantitative estimate of drug-likeness (QED) is 0.587. The van der Waals surface area contributed by atoms with Crippen LogP contribution >= 0.6 is 35.6 Å². The molecule has 1 aliphatic rings. The van der Waals surface area contributed by atoms with Gasteiger partial charge in [-0.25, -0.2) is 4.90 Å². The molecule has 3 nitrogen and oxygen atoms in total. The first-order valence-electron chi connectivity index (χ1n) is 4.89. The fourth-order valence-electron chi connectivity index (χ4n) is 1.42. The van der Waals surface area contributed by atoms with Crippen molar-refractivity contribution in [2.24, 2.45) is 0 Å². The molecule has 0 N–H and O–H groups in total. The van der Waals surface area contributed by atoms with Gasteiger partial charge in [-0.05, 0) is 24.3 Å². The first-order valence-corrected chi connectivity index (χ1v) is 6.66. The molecule has 1 heterocycles. The lowest BCUT2D eigenvalue weighted by atomic mass is 10.2. The first kappa shape index (κ1) is 12.5. The van der Waals surface area contributed by atoms with E-state index in [2.05, 4.69) is 0 Å². The Hall–Kier alpha value is -0.910. The van der Waals surface area contributed by atoms with Crippen LogP contribution in [0.4, 0.5) is 0 Å². The van der Waals surface area contributed by atoms with Crippen LogP contribution in [0.3, 0.4) is 0 Å². The van der Waals surface area contributed by atoms with Crippen LogP contribution in [0.2, 0.25) is 5.02 Å². The maximum Gasteiger partial charge on any atom is 0.266 e. The Balaban J connectivity index is 2.27. The molecule has 1 aliphatic heterocycles. The predicted octanol–water partition coefficient (Wildman–Crippen LogP) is 2.73. The van der Waals surface area contributed by atoms with Crippen molar-refractivity contribution in [3.63, 3.8) is 0 Å². The third kappa shape index (κ3) is 2.68. The maximum absolute atomic E-state index is 12.1. The minimum Gasteiger partial charge on any atom is -0.274 e. The zero-order valence-electron chi connectivity index (χ0n) is 8.68. The highest BCUT2D eigenvalue weighted by Gasteiger charge is 2.30. The van der Waals surface area contributed by atoms with Crippen LogP contribution < -0.4 is 0 Å². The number of imide groups is 1. The number of thiocarbonyl (C=S) groups is 1. The van der Waals surface area contributed by atoms with Crippen molar-refractivity contribution in [1.29, 1.82) is 0 Å². The Kier molecular flexibility index (Phi) is 3.81. The molecule has 2 rings (SSSR count). The van der Waals surface area contributed by atoms with Crippen LogP contribution in [-0.4, -0.2) is 26.8 Å². The van der Waals surface area contributed by atoms with E-state index in [0.717, 1.165) is 4.90 Å². The number of amides is 2. The summed E-state index contributed by atoms with van der Waals surface area (Å²) in [5, 5.41) is 0.545. The topological polar surface area (TPSA) is 37.4 Å². The van der Waals surface area contributed by atoms with Gasteiger partial charge in [-0.3, -0.25) is 9.59 Å². The summed E-state index contributed by atoms with van der Waals surface area (Å²) < 4.78 is 0.321. The lowest BCUT2D eigenvalue weighted by molar-refractivity contribution is -0.125. The van der Waals surface area contributed by atoms with Crippen molar-refractivity contribution in [3.8, 4) is 0 Å². The summed E-state index contributed by atoms with van der Waals surface area (Å²) in [6, 6.07) is 6.39. The van der Waals surface area contributed by atoms with Crippen LogP contribution in [0.1, 0.15) is 16.8 Å². The van der Waals surface area contributed by atoms with Gasteiger partial charge in [-0.15, -0.1) is 0 Å². The minimum atomic E-state index is -0.385. The van der Waals surface area contributed by atoms with E-state index in [1.54, 1.807) is 24.3 Å². The monoisotopic (exact) mass is 285 g/mol. The van der Waals surface area contributed by atoms with Gasteiger partial charge in [0.05, 0.1) is 0 Å². The molecule has 1 saturated heterocycles. The van der Waals surface area contributed by atoms with E-state index in [1.165, 1.54) is 11.8 Å². The van der Waals surface area contributed by atoms with Gasteiger partial charge in [0, 0.05) is 22.8 Å². The fraction of sp³-hybridized carbons (Fsp3) is 0.182. The summed E-state index contributed by atoms with van der Waals surface area (Å²) in [6.45, 7) is 0. The van der Waals surface area contributed by atoms with Gasteiger partial charge in [0.1, 0.15) is 4.32 Å². The number of hydrogen-bond acceptors (Lipinski definition) is 4. The number of halogens is 1. The van der Waals surface area contributed by atoms with Crippen LogP contribution in [0.5, 0.6) is 0 Å². The fourth-order valence-corrected chi connectivity index (χ4v) is 2.75. The zero-order valence-corrected chi connectivity index (χ0v) is 11.1. The third-order valence-corrected chi connectivity index (χ3v) is 3.89. The van der Waals surface area contributed by atoms with Gasteiger partial charge in [-0.1, -0.05) is 35.6 Å². The second-order valence-corrected chi connectivity index (χ2v) is 5.57. The molecule has 1 aromatic carbocycles. The molecule has 0 saturated carbocycles. The molecule has 0 aliphatic carbocycles. The molecular formula is C11H8ClNO2S2. The third-order valence-electron chi connectivity index (χ3n) is 2.27. The molecular weight excluding hydrogens is 278 g/mol. The number of thioether (sulfide) groups is 1. The Morgan fingerprint density at radius 2 is 2.00 bits per heavy atom. The molecule has 0 spiro atoms.